The standard InChI is InChI=1S/C13H14N2O2/c1-2-12(16)14-7-13(17)15-8-10-5-3-4-6-11(10)9-15/h2-6H,1,7-9H2,(H,14,16). The van der Waals surface area contributed by atoms with Crippen LogP contribution >= 0.6 is 0 Å². The minimum Gasteiger partial charge on any atom is -0.343 e. The van der Waals surface area contributed by atoms with E-state index in [1.165, 1.54) is 11.1 Å². The SMILES string of the molecule is C=CC(=O)NCC(=O)N1Cc2ccccc2C1. The molecule has 1 heterocycles. The normalized spacial score (nSPS) is 13.1. The molecule has 0 bridgehead atoms. The van der Waals surface area contributed by atoms with Crippen LogP contribution in [0.3, 0.4) is 0 Å². The van der Waals surface area contributed by atoms with E-state index in [0.717, 1.165) is 6.08 Å². The molecule has 0 saturated carbocycles. The van der Waals surface area contributed by atoms with Gasteiger partial charge in [-0.1, -0.05) is 30.8 Å². The van der Waals surface area contributed by atoms with Crippen LogP contribution in [0.5, 0.6) is 0 Å². The van der Waals surface area contributed by atoms with Crippen LogP contribution in [0.15, 0.2) is 36.9 Å². The molecule has 0 aromatic heterocycles. The van der Waals surface area contributed by atoms with Crippen molar-refractivity contribution in [3.05, 3.63) is 48.0 Å². The number of hydrogen-bond donors (Lipinski definition) is 1. The number of benzene rings is 1. The van der Waals surface area contributed by atoms with Crippen LogP contribution in [-0.2, 0) is 22.7 Å². The molecular weight excluding hydrogens is 216 g/mol. The second kappa shape index (κ2) is 4.82. The Kier molecular flexibility index (Phi) is 3.23. The Hall–Kier alpha value is -2.10. The zero-order valence-corrected chi connectivity index (χ0v) is 9.48. The van der Waals surface area contributed by atoms with Crippen LogP contribution in [0.1, 0.15) is 11.1 Å². The summed E-state index contributed by atoms with van der Waals surface area (Å²) in [6, 6.07) is 7.97. The third-order valence-electron chi connectivity index (χ3n) is 2.79. The van der Waals surface area contributed by atoms with E-state index in [0.29, 0.717) is 13.1 Å². The largest absolute Gasteiger partial charge is 0.343 e. The van der Waals surface area contributed by atoms with Crippen molar-refractivity contribution >= 4 is 11.8 Å². The molecule has 0 aliphatic carbocycles. The lowest BCUT2D eigenvalue weighted by Gasteiger charge is -2.15. The molecule has 88 valence electrons. The van der Waals surface area contributed by atoms with Crippen molar-refractivity contribution < 1.29 is 9.59 Å². The predicted octanol–water partition coefficient (Wildman–Crippen LogP) is 0.831. The van der Waals surface area contributed by atoms with E-state index in [1.807, 2.05) is 24.3 Å². The van der Waals surface area contributed by atoms with E-state index < -0.39 is 0 Å². The van der Waals surface area contributed by atoms with Gasteiger partial charge in [0.05, 0.1) is 6.54 Å². The van der Waals surface area contributed by atoms with Crippen LogP contribution in [0.2, 0.25) is 0 Å². The fourth-order valence-corrected chi connectivity index (χ4v) is 1.86. The van der Waals surface area contributed by atoms with Crippen LogP contribution in [0, 0.1) is 0 Å². The number of nitrogens with zero attached hydrogens (tertiary/aromatic N) is 1. The predicted molar refractivity (Wildman–Crippen MR) is 63.9 cm³/mol. The summed E-state index contributed by atoms with van der Waals surface area (Å²) in [5.74, 6) is -0.397. The molecule has 2 rings (SSSR count). The summed E-state index contributed by atoms with van der Waals surface area (Å²) in [5.41, 5.74) is 2.35. The Morgan fingerprint density at radius 3 is 2.41 bits per heavy atom. The topological polar surface area (TPSA) is 49.4 Å². The van der Waals surface area contributed by atoms with E-state index in [1.54, 1.807) is 4.90 Å². The van der Waals surface area contributed by atoms with Crippen LogP contribution < -0.4 is 5.32 Å². The summed E-state index contributed by atoms with van der Waals surface area (Å²) in [5, 5.41) is 2.49. The lowest BCUT2D eigenvalue weighted by molar-refractivity contribution is -0.132. The maximum atomic E-state index is 11.8. The molecule has 4 nitrogen and oxygen atoms in total. The summed E-state index contributed by atoms with van der Waals surface area (Å²) in [6.45, 7) is 4.61. The van der Waals surface area contributed by atoms with Gasteiger partial charge in [-0.25, -0.2) is 0 Å². The Morgan fingerprint density at radius 2 is 1.88 bits per heavy atom. The van der Waals surface area contributed by atoms with Gasteiger partial charge in [0, 0.05) is 13.1 Å². The maximum absolute atomic E-state index is 11.8. The van der Waals surface area contributed by atoms with Crippen molar-refractivity contribution in [2.24, 2.45) is 0 Å². The first kappa shape index (κ1) is 11.4. The molecule has 0 spiro atoms. The zero-order valence-electron chi connectivity index (χ0n) is 9.48. The van der Waals surface area contributed by atoms with Crippen molar-refractivity contribution in [2.45, 2.75) is 13.1 Å². The number of hydrogen-bond acceptors (Lipinski definition) is 2. The highest BCUT2D eigenvalue weighted by Gasteiger charge is 2.22. The molecule has 0 atom stereocenters. The maximum Gasteiger partial charge on any atom is 0.243 e. The molecular formula is C13H14N2O2. The van der Waals surface area contributed by atoms with Crippen molar-refractivity contribution in [3.8, 4) is 0 Å². The molecule has 0 unspecified atom stereocenters. The van der Waals surface area contributed by atoms with Gasteiger partial charge in [0.25, 0.3) is 0 Å². The number of fused-ring (bicyclic) bond motifs is 1. The van der Waals surface area contributed by atoms with Gasteiger partial charge in [0.15, 0.2) is 0 Å². The number of amides is 2. The fourth-order valence-electron chi connectivity index (χ4n) is 1.86. The molecule has 17 heavy (non-hydrogen) atoms. The lowest BCUT2D eigenvalue weighted by Crippen LogP contribution is -2.36. The number of nitrogens with one attached hydrogen (secondary N) is 1. The Labute approximate surface area is 99.9 Å². The Balaban J connectivity index is 1.92. The van der Waals surface area contributed by atoms with E-state index in [2.05, 4.69) is 11.9 Å². The summed E-state index contributed by atoms with van der Waals surface area (Å²) in [6.07, 6.45) is 1.16. The van der Waals surface area contributed by atoms with E-state index in [-0.39, 0.29) is 18.4 Å². The third-order valence-corrected chi connectivity index (χ3v) is 2.79. The average Bonchev–Trinajstić information content (AvgIpc) is 2.79. The molecule has 1 aromatic carbocycles. The first-order valence-electron chi connectivity index (χ1n) is 5.45. The highest BCUT2D eigenvalue weighted by atomic mass is 16.2. The van der Waals surface area contributed by atoms with Crippen LogP contribution in [0.4, 0.5) is 0 Å². The first-order valence-corrected chi connectivity index (χ1v) is 5.45. The number of rotatable bonds is 3. The highest BCUT2D eigenvalue weighted by Crippen LogP contribution is 2.21. The highest BCUT2D eigenvalue weighted by molar-refractivity contribution is 5.90. The second-order valence-electron chi connectivity index (χ2n) is 3.94. The summed E-state index contributed by atoms with van der Waals surface area (Å²) in [4.78, 5) is 24.5. The fraction of sp³-hybridized carbons (Fsp3) is 0.231. The molecule has 1 aliphatic rings. The lowest BCUT2D eigenvalue weighted by atomic mass is 10.1. The third kappa shape index (κ3) is 2.53. The van der Waals surface area contributed by atoms with Gasteiger partial charge < -0.3 is 10.2 Å². The summed E-state index contributed by atoms with van der Waals surface area (Å²) >= 11 is 0. The molecule has 4 heteroatoms. The summed E-state index contributed by atoms with van der Waals surface area (Å²) in [7, 11) is 0. The molecule has 0 saturated heterocycles. The first-order chi connectivity index (χ1) is 8.20. The summed E-state index contributed by atoms with van der Waals surface area (Å²) < 4.78 is 0. The zero-order chi connectivity index (χ0) is 12.3. The van der Waals surface area contributed by atoms with Crippen LogP contribution in [-0.4, -0.2) is 23.3 Å². The smallest absolute Gasteiger partial charge is 0.243 e. The van der Waals surface area contributed by atoms with Crippen LogP contribution in [0.25, 0.3) is 0 Å². The molecule has 0 radical (unpaired) electrons. The van der Waals surface area contributed by atoms with E-state index >= 15 is 0 Å². The van der Waals surface area contributed by atoms with Gasteiger partial charge >= 0.3 is 0 Å². The van der Waals surface area contributed by atoms with Gasteiger partial charge in [-0.05, 0) is 17.2 Å². The minimum absolute atomic E-state index is 0.0266. The quantitative estimate of drug-likeness (QED) is 0.782. The molecule has 2 amide bonds. The van der Waals surface area contributed by atoms with Gasteiger partial charge in [-0.2, -0.15) is 0 Å². The second-order valence-corrected chi connectivity index (χ2v) is 3.94. The molecule has 0 fully saturated rings. The van der Waals surface area contributed by atoms with Gasteiger partial charge in [-0.15, -0.1) is 0 Å². The van der Waals surface area contributed by atoms with Gasteiger partial charge in [-0.3, -0.25) is 9.59 Å². The minimum atomic E-state index is -0.324. The van der Waals surface area contributed by atoms with Gasteiger partial charge in [0.2, 0.25) is 11.8 Å². The Bertz CT molecular complexity index is 443. The van der Waals surface area contributed by atoms with Crippen molar-refractivity contribution in [2.75, 3.05) is 6.54 Å². The number of carbonyl (C=O) groups is 2. The van der Waals surface area contributed by atoms with Crippen molar-refractivity contribution in [1.82, 2.24) is 10.2 Å². The number of carbonyl (C=O) groups excluding carboxylic acids is 2. The van der Waals surface area contributed by atoms with Gasteiger partial charge in [0.1, 0.15) is 0 Å². The Morgan fingerprint density at radius 1 is 1.29 bits per heavy atom. The van der Waals surface area contributed by atoms with Crippen molar-refractivity contribution in [1.29, 1.82) is 0 Å². The monoisotopic (exact) mass is 230 g/mol. The van der Waals surface area contributed by atoms with E-state index in [9.17, 15) is 9.59 Å². The molecule has 1 aromatic rings. The van der Waals surface area contributed by atoms with E-state index in [4.69, 9.17) is 0 Å². The molecule has 1 aliphatic heterocycles. The average molecular weight is 230 g/mol. The molecule has 1 N–H and O–H groups in total. The van der Waals surface area contributed by atoms with Crippen molar-refractivity contribution in [3.63, 3.8) is 0 Å².